The number of nitrogens with zero attached hydrogens (tertiary/aromatic N) is 3. The van der Waals surface area contributed by atoms with E-state index in [4.69, 9.17) is 0 Å². The SMILES string of the molecule is CCC1(C)NC(=O)N(CCCNC(=NC)NC2CCN(C3CCCCC3)CC2)C1=O. The Labute approximate surface area is 181 Å². The van der Waals surface area contributed by atoms with Gasteiger partial charge in [-0.3, -0.25) is 14.7 Å². The first-order chi connectivity index (χ1) is 14.5. The fraction of sp³-hybridized carbons (Fsp3) is 0.864. The highest BCUT2D eigenvalue weighted by atomic mass is 16.2. The van der Waals surface area contributed by atoms with E-state index >= 15 is 0 Å². The third-order valence-corrected chi connectivity index (χ3v) is 7.09. The summed E-state index contributed by atoms with van der Waals surface area (Å²) < 4.78 is 0. The van der Waals surface area contributed by atoms with Gasteiger partial charge in [-0.15, -0.1) is 0 Å². The van der Waals surface area contributed by atoms with Crippen molar-refractivity contribution in [3.05, 3.63) is 0 Å². The number of piperidine rings is 1. The molecule has 0 aromatic heterocycles. The van der Waals surface area contributed by atoms with Gasteiger partial charge in [0.1, 0.15) is 5.54 Å². The number of rotatable bonds is 7. The number of carbonyl (C=O) groups is 2. The van der Waals surface area contributed by atoms with Crippen LogP contribution >= 0.6 is 0 Å². The Morgan fingerprint density at radius 3 is 2.47 bits per heavy atom. The topological polar surface area (TPSA) is 89.1 Å². The largest absolute Gasteiger partial charge is 0.356 e. The second kappa shape index (κ2) is 10.5. The average Bonchev–Trinajstić information content (AvgIpc) is 3.00. The first-order valence-corrected chi connectivity index (χ1v) is 11.8. The van der Waals surface area contributed by atoms with Crippen LogP contribution in [-0.4, -0.2) is 78.5 Å². The maximum atomic E-state index is 12.4. The van der Waals surface area contributed by atoms with Crippen molar-refractivity contribution in [1.29, 1.82) is 0 Å². The summed E-state index contributed by atoms with van der Waals surface area (Å²) in [6, 6.07) is 0.973. The number of hydrogen-bond acceptors (Lipinski definition) is 4. The van der Waals surface area contributed by atoms with Crippen LogP contribution in [0.5, 0.6) is 0 Å². The summed E-state index contributed by atoms with van der Waals surface area (Å²) in [6.07, 6.45) is 10.5. The Kier molecular flexibility index (Phi) is 7.97. The minimum Gasteiger partial charge on any atom is -0.356 e. The second-order valence-electron chi connectivity index (χ2n) is 9.17. The summed E-state index contributed by atoms with van der Waals surface area (Å²) in [4.78, 5) is 32.9. The summed E-state index contributed by atoms with van der Waals surface area (Å²) in [6.45, 7) is 7.13. The van der Waals surface area contributed by atoms with Gasteiger partial charge < -0.3 is 20.9 Å². The van der Waals surface area contributed by atoms with Crippen LogP contribution in [0, 0.1) is 0 Å². The summed E-state index contributed by atoms with van der Waals surface area (Å²) >= 11 is 0. The smallest absolute Gasteiger partial charge is 0.325 e. The molecule has 8 nitrogen and oxygen atoms in total. The van der Waals surface area contributed by atoms with Crippen molar-refractivity contribution in [1.82, 2.24) is 25.8 Å². The fourth-order valence-electron chi connectivity index (χ4n) is 4.88. The third kappa shape index (κ3) is 5.45. The van der Waals surface area contributed by atoms with Gasteiger partial charge in [0.05, 0.1) is 0 Å². The van der Waals surface area contributed by atoms with Crippen LogP contribution in [0.1, 0.15) is 71.6 Å². The van der Waals surface area contributed by atoms with Crippen molar-refractivity contribution in [2.75, 3.05) is 33.2 Å². The first-order valence-electron chi connectivity index (χ1n) is 11.8. The van der Waals surface area contributed by atoms with Gasteiger partial charge in [0.25, 0.3) is 5.91 Å². The second-order valence-corrected chi connectivity index (χ2v) is 9.17. The standard InChI is InChI=1S/C22H40N6O2/c1-4-22(2)19(29)28(21(30)26-22)14-8-13-24-20(23-3)25-17-11-15-27(16-12-17)18-9-6-5-7-10-18/h17-18H,4-16H2,1-3H3,(H,26,30)(H2,23,24,25). The lowest BCUT2D eigenvalue weighted by atomic mass is 9.92. The zero-order valence-electron chi connectivity index (χ0n) is 19.0. The molecule has 0 aromatic rings. The predicted molar refractivity (Wildman–Crippen MR) is 120 cm³/mol. The number of aliphatic imine (C=N–C) groups is 1. The molecule has 1 atom stereocenters. The number of hydrogen-bond donors (Lipinski definition) is 3. The van der Waals surface area contributed by atoms with Crippen LogP contribution in [-0.2, 0) is 4.79 Å². The number of carbonyl (C=O) groups excluding carboxylic acids is 2. The van der Waals surface area contributed by atoms with Crippen molar-refractivity contribution in [2.45, 2.75) is 89.3 Å². The highest BCUT2D eigenvalue weighted by molar-refractivity contribution is 6.06. The molecule has 0 bridgehead atoms. The predicted octanol–water partition coefficient (Wildman–Crippen LogP) is 2.06. The van der Waals surface area contributed by atoms with E-state index in [-0.39, 0.29) is 11.9 Å². The van der Waals surface area contributed by atoms with Crippen LogP contribution in [0.25, 0.3) is 0 Å². The summed E-state index contributed by atoms with van der Waals surface area (Å²) in [5, 5.41) is 9.68. The normalized spacial score (nSPS) is 27.4. The lowest BCUT2D eigenvalue weighted by Crippen LogP contribution is -2.51. The quantitative estimate of drug-likeness (QED) is 0.254. The number of guanidine groups is 1. The molecule has 0 spiro atoms. The van der Waals surface area contributed by atoms with Crippen molar-refractivity contribution in [3.63, 3.8) is 0 Å². The van der Waals surface area contributed by atoms with E-state index in [9.17, 15) is 9.59 Å². The molecule has 1 aliphatic carbocycles. The highest BCUT2D eigenvalue weighted by Crippen LogP contribution is 2.25. The Bertz CT molecular complexity index is 625. The van der Waals surface area contributed by atoms with Crippen molar-refractivity contribution >= 4 is 17.9 Å². The molecule has 8 heteroatoms. The van der Waals surface area contributed by atoms with Gasteiger partial charge in [-0.25, -0.2) is 4.79 Å². The molecule has 2 heterocycles. The van der Waals surface area contributed by atoms with Crippen LogP contribution in [0.4, 0.5) is 4.79 Å². The van der Waals surface area contributed by atoms with Gasteiger partial charge in [0.15, 0.2) is 5.96 Å². The molecule has 1 saturated carbocycles. The molecule has 3 amide bonds. The zero-order chi connectivity index (χ0) is 21.6. The Morgan fingerprint density at radius 2 is 1.87 bits per heavy atom. The molecule has 2 aliphatic heterocycles. The molecule has 1 unspecified atom stereocenters. The van der Waals surface area contributed by atoms with E-state index in [1.807, 2.05) is 6.92 Å². The summed E-state index contributed by atoms with van der Waals surface area (Å²) in [5.74, 6) is 0.684. The van der Waals surface area contributed by atoms with Crippen LogP contribution in [0.15, 0.2) is 4.99 Å². The van der Waals surface area contributed by atoms with E-state index in [1.54, 1.807) is 14.0 Å². The zero-order valence-corrected chi connectivity index (χ0v) is 19.0. The lowest BCUT2D eigenvalue weighted by Gasteiger charge is -2.39. The van der Waals surface area contributed by atoms with Crippen molar-refractivity contribution < 1.29 is 9.59 Å². The number of likely N-dealkylation sites (tertiary alicyclic amines) is 1. The van der Waals surface area contributed by atoms with Gasteiger partial charge >= 0.3 is 6.03 Å². The first kappa shape index (κ1) is 22.8. The molecule has 3 aliphatic rings. The number of imide groups is 1. The minimum absolute atomic E-state index is 0.123. The lowest BCUT2D eigenvalue weighted by molar-refractivity contribution is -0.130. The fourth-order valence-corrected chi connectivity index (χ4v) is 4.88. The van der Waals surface area contributed by atoms with Gasteiger partial charge in [0.2, 0.25) is 0 Å². The van der Waals surface area contributed by atoms with E-state index < -0.39 is 5.54 Å². The van der Waals surface area contributed by atoms with Crippen LogP contribution in [0.2, 0.25) is 0 Å². The minimum atomic E-state index is -0.755. The van der Waals surface area contributed by atoms with Gasteiger partial charge in [-0.2, -0.15) is 0 Å². The van der Waals surface area contributed by atoms with Gasteiger partial charge in [-0.05, 0) is 45.4 Å². The van der Waals surface area contributed by atoms with E-state index in [1.165, 1.54) is 50.1 Å². The molecule has 3 fully saturated rings. The molecule has 170 valence electrons. The Balaban J connectivity index is 1.35. The number of urea groups is 1. The van der Waals surface area contributed by atoms with Gasteiger partial charge in [-0.1, -0.05) is 26.2 Å². The highest BCUT2D eigenvalue weighted by Gasteiger charge is 2.45. The molecular formula is C22H40N6O2. The maximum Gasteiger partial charge on any atom is 0.325 e. The number of amides is 3. The number of nitrogens with one attached hydrogen (secondary N) is 3. The Hall–Kier alpha value is -1.83. The van der Waals surface area contributed by atoms with E-state index in [2.05, 4.69) is 25.8 Å². The molecule has 30 heavy (non-hydrogen) atoms. The van der Waals surface area contributed by atoms with Crippen molar-refractivity contribution in [3.8, 4) is 0 Å². The molecular weight excluding hydrogens is 380 g/mol. The summed E-state index contributed by atoms with van der Waals surface area (Å²) in [5.41, 5.74) is -0.755. The molecule has 0 aromatic carbocycles. The van der Waals surface area contributed by atoms with Gasteiger partial charge in [0, 0.05) is 45.3 Å². The molecule has 0 radical (unpaired) electrons. The summed E-state index contributed by atoms with van der Waals surface area (Å²) in [7, 11) is 1.79. The molecule has 2 saturated heterocycles. The van der Waals surface area contributed by atoms with Crippen LogP contribution in [0.3, 0.4) is 0 Å². The average molecular weight is 421 g/mol. The van der Waals surface area contributed by atoms with E-state index in [0.29, 0.717) is 32.0 Å². The molecule has 3 rings (SSSR count). The van der Waals surface area contributed by atoms with E-state index in [0.717, 1.165) is 24.8 Å². The maximum absolute atomic E-state index is 12.4. The molecule has 3 N–H and O–H groups in total. The Morgan fingerprint density at radius 1 is 1.17 bits per heavy atom. The third-order valence-electron chi connectivity index (χ3n) is 7.09. The monoisotopic (exact) mass is 420 g/mol. The van der Waals surface area contributed by atoms with Crippen molar-refractivity contribution in [2.24, 2.45) is 4.99 Å². The van der Waals surface area contributed by atoms with Crippen LogP contribution < -0.4 is 16.0 Å².